The van der Waals surface area contributed by atoms with Gasteiger partial charge in [0.15, 0.2) is 11.5 Å². The summed E-state index contributed by atoms with van der Waals surface area (Å²) in [6.45, 7) is 1.64. The van der Waals surface area contributed by atoms with Crippen LogP contribution in [0, 0.1) is 5.92 Å². The van der Waals surface area contributed by atoms with Crippen molar-refractivity contribution in [1.82, 2.24) is 4.90 Å². The lowest BCUT2D eigenvalue weighted by atomic mass is 10.0. The van der Waals surface area contributed by atoms with E-state index in [4.69, 9.17) is 15.2 Å². The van der Waals surface area contributed by atoms with Gasteiger partial charge < -0.3 is 20.1 Å². The van der Waals surface area contributed by atoms with Gasteiger partial charge in [-0.15, -0.1) is 0 Å². The molecule has 1 aliphatic carbocycles. The Kier molecular flexibility index (Phi) is 4.01. The fraction of sp³-hybridized carbons (Fsp3) is 0.562. The van der Waals surface area contributed by atoms with Gasteiger partial charge in [-0.3, -0.25) is 4.79 Å². The normalized spacial score (nSPS) is 23.9. The number of nitrogens with zero attached hydrogens (tertiary/aromatic N) is 1. The summed E-state index contributed by atoms with van der Waals surface area (Å²) in [5.41, 5.74) is 6.41. The summed E-state index contributed by atoms with van der Waals surface area (Å²) in [6.07, 6.45) is 3.26. The molecule has 0 saturated heterocycles. The Labute approximate surface area is 125 Å². The molecule has 2 aliphatic rings. The molecule has 1 saturated carbocycles. The Balaban J connectivity index is 1.85. The highest BCUT2D eigenvalue weighted by Crippen LogP contribution is 2.36. The van der Waals surface area contributed by atoms with Crippen molar-refractivity contribution in [1.29, 1.82) is 0 Å². The number of amides is 1. The molecular formula is C16H22N2O3. The van der Waals surface area contributed by atoms with Crippen LogP contribution in [0.3, 0.4) is 0 Å². The number of rotatable bonds is 3. The first-order valence-electron chi connectivity index (χ1n) is 7.58. The topological polar surface area (TPSA) is 64.8 Å². The zero-order valence-corrected chi connectivity index (χ0v) is 12.4. The van der Waals surface area contributed by atoms with Crippen LogP contribution in [0.15, 0.2) is 18.2 Å². The van der Waals surface area contributed by atoms with Crippen LogP contribution in [0.5, 0.6) is 11.5 Å². The molecular weight excluding hydrogens is 268 g/mol. The first kappa shape index (κ1) is 14.2. The molecule has 0 spiro atoms. The van der Waals surface area contributed by atoms with Gasteiger partial charge in [-0.2, -0.15) is 0 Å². The van der Waals surface area contributed by atoms with E-state index in [-0.39, 0.29) is 11.9 Å². The minimum Gasteiger partial charge on any atom is -0.486 e. The summed E-state index contributed by atoms with van der Waals surface area (Å²) in [5.74, 6) is 1.61. The Morgan fingerprint density at radius 1 is 1.33 bits per heavy atom. The Hall–Kier alpha value is -1.75. The molecule has 5 nitrogen and oxygen atoms in total. The predicted octanol–water partition coefficient (Wildman–Crippen LogP) is 1.66. The molecule has 1 amide bonds. The smallest absolute Gasteiger partial charge is 0.257 e. The van der Waals surface area contributed by atoms with E-state index < -0.39 is 0 Å². The quantitative estimate of drug-likeness (QED) is 0.919. The lowest BCUT2D eigenvalue weighted by Gasteiger charge is -2.30. The summed E-state index contributed by atoms with van der Waals surface area (Å²) in [7, 11) is 1.87. The number of nitrogens with two attached hydrogens (primary N) is 1. The van der Waals surface area contributed by atoms with Gasteiger partial charge in [0.1, 0.15) is 13.2 Å². The molecule has 2 unspecified atom stereocenters. The van der Waals surface area contributed by atoms with E-state index >= 15 is 0 Å². The Bertz CT molecular complexity index is 532. The standard InChI is InChI=1S/C16H22N2O3/c1-18(13-6-2-4-11(13)10-17)16(19)12-5-3-7-14-15(12)21-9-8-20-14/h3,5,7,11,13H,2,4,6,8-10,17H2,1H3. The third-order valence-corrected chi connectivity index (χ3v) is 4.54. The second-order valence-electron chi connectivity index (χ2n) is 5.74. The van der Waals surface area contributed by atoms with Crippen LogP contribution in [-0.2, 0) is 0 Å². The number of para-hydroxylation sites is 1. The Morgan fingerprint density at radius 3 is 2.95 bits per heavy atom. The van der Waals surface area contributed by atoms with Crippen molar-refractivity contribution in [3.8, 4) is 11.5 Å². The third kappa shape index (κ3) is 2.58. The molecule has 1 fully saturated rings. The first-order chi connectivity index (χ1) is 10.2. The molecule has 5 heteroatoms. The molecule has 0 radical (unpaired) electrons. The number of fused-ring (bicyclic) bond motifs is 1. The fourth-order valence-electron chi connectivity index (χ4n) is 3.38. The van der Waals surface area contributed by atoms with Gasteiger partial charge in [0.05, 0.1) is 5.56 Å². The number of benzene rings is 1. The van der Waals surface area contributed by atoms with Crippen molar-refractivity contribution >= 4 is 5.91 Å². The average molecular weight is 290 g/mol. The van der Waals surface area contributed by atoms with Crippen molar-refractivity contribution < 1.29 is 14.3 Å². The van der Waals surface area contributed by atoms with Crippen molar-refractivity contribution in [3.63, 3.8) is 0 Å². The van der Waals surface area contributed by atoms with Crippen LogP contribution < -0.4 is 15.2 Å². The van der Waals surface area contributed by atoms with Crippen LogP contribution in [0.2, 0.25) is 0 Å². The van der Waals surface area contributed by atoms with Gasteiger partial charge in [0.25, 0.3) is 5.91 Å². The SMILES string of the molecule is CN(C(=O)c1cccc2c1OCCO2)C1CCCC1CN. The van der Waals surface area contributed by atoms with E-state index in [0.717, 1.165) is 19.3 Å². The second kappa shape index (κ2) is 5.93. The lowest BCUT2D eigenvalue weighted by molar-refractivity contribution is 0.0690. The monoisotopic (exact) mass is 290 g/mol. The van der Waals surface area contributed by atoms with Crippen molar-refractivity contribution in [2.24, 2.45) is 11.7 Å². The van der Waals surface area contributed by atoms with Crippen LogP contribution >= 0.6 is 0 Å². The van der Waals surface area contributed by atoms with Crippen LogP contribution in [0.25, 0.3) is 0 Å². The first-order valence-corrected chi connectivity index (χ1v) is 7.58. The predicted molar refractivity (Wildman–Crippen MR) is 79.7 cm³/mol. The third-order valence-electron chi connectivity index (χ3n) is 4.54. The molecule has 21 heavy (non-hydrogen) atoms. The maximum Gasteiger partial charge on any atom is 0.257 e. The van der Waals surface area contributed by atoms with Gasteiger partial charge in [-0.1, -0.05) is 12.5 Å². The van der Waals surface area contributed by atoms with Crippen molar-refractivity contribution in [2.45, 2.75) is 25.3 Å². The summed E-state index contributed by atoms with van der Waals surface area (Å²) in [6, 6.07) is 5.70. The fourth-order valence-corrected chi connectivity index (χ4v) is 3.38. The molecule has 1 aromatic rings. The van der Waals surface area contributed by atoms with Crippen molar-refractivity contribution in [2.75, 3.05) is 26.8 Å². The molecule has 2 N–H and O–H groups in total. The zero-order chi connectivity index (χ0) is 14.8. The maximum atomic E-state index is 12.8. The van der Waals surface area contributed by atoms with E-state index in [0.29, 0.717) is 42.7 Å². The summed E-state index contributed by atoms with van der Waals surface area (Å²) >= 11 is 0. The molecule has 2 atom stereocenters. The van der Waals surface area contributed by atoms with Gasteiger partial charge in [0.2, 0.25) is 0 Å². The van der Waals surface area contributed by atoms with E-state index in [9.17, 15) is 4.79 Å². The minimum absolute atomic E-state index is 0.0114. The molecule has 0 bridgehead atoms. The van der Waals surface area contributed by atoms with Gasteiger partial charge in [-0.25, -0.2) is 0 Å². The van der Waals surface area contributed by atoms with Gasteiger partial charge in [-0.05, 0) is 37.4 Å². The molecule has 1 aliphatic heterocycles. The summed E-state index contributed by atoms with van der Waals surface area (Å²) < 4.78 is 11.2. The number of carbonyl (C=O) groups is 1. The van der Waals surface area contributed by atoms with E-state index in [1.54, 1.807) is 6.07 Å². The average Bonchev–Trinajstić information content (AvgIpc) is 3.01. The number of hydrogen-bond acceptors (Lipinski definition) is 4. The molecule has 1 heterocycles. The zero-order valence-electron chi connectivity index (χ0n) is 12.4. The second-order valence-corrected chi connectivity index (χ2v) is 5.74. The maximum absolute atomic E-state index is 12.8. The molecule has 0 aromatic heterocycles. The largest absolute Gasteiger partial charge is 0.486 e. The lowest BCUT2D eigenvalue weighted by Crippen LogP contribution is -2.41. The summed E-state index contributed by atoms with van der Waals surface area (Å²) in [5, 5.41) is 0. The van der Waals surface area contributed by atoms with Crippen molar-refractivity contribution in [3.05, 3.63) is 23.8 Å². The van der Waals surface area contributed by atoms with Crippen LogP contribution in [0.1, 0.15) is 29.6 Å². The number of ether oxygens (including phenoxy) is 2. The Morgan fingerprint density at radius 2 is 2.14 bits per heavy atom. The van der Waals surface area contributed by atoms with Crippen LogP contribution in [0.4, 0.5) is 0 Å². The van der Waals surface area contributed by atoms with Crippen LogP contribution in [-0.4, -0.2) is 43.7 Å². The highest BCUT2D eigenvalue weighted by Gasteiger charge is 2.33. The van der Waals surface area contributed by atoms with Gasteiger partial charge >= 0.3 is 0 Å². The van der Waals surface area contributed by atoms with E-state index in [1.165, 1.54) is 0 Å². The molecule has 114 valence electrons. The van der Waals surface area contributed by atoms with E-state index in [1.807, 2.05) is 24.1 Å². The molecule has 3 rings (SSSR count). The summed E-state index contributed by atoms with van der Waals surface area (Å²) in [4.78, 5) is 14.6. The molecule has 1 aromatic carbocycles. The van der Waals surface area contributed by atoms with E-state index in [2.05, 4.69) is 0 Å². The number of hydrogen-bond donors (Lipinski definition) is 1. The highest BCUT2D eigenvalue weighted by molar-refractivity contribution is 5.98. The minimum atomic E-state index is -0.0114. The highest BCUT2D eigenvalue weighted by atomic mass is 16.6. The number of carbonyl (C=O) groups excluding carboxylic acids is 1. The van der Waals surface area contributed by atoms with Gasteiger partial charge in [0, 0.05) is 13.1 Å².